The van der Waals surface area contributed by atoms with Crippen molar-refractivity contribution in [2.45, 2.75) is 37.6 Å². The van der Waals surface area contributed by atoms with Crippen molar-refractivity contribution in [3.63, 3.8) is 0 Å². The normalized spacial score (nSPS) is 14.6. The molecular formula is C24H32N2O8. The Morgan fingerprint density at radius 3 is 1.35 bits per heavy atom. The lowest BCUT2D eigenvalue weighted by atomic mass is 10.0. The van der Waals surface area contributed by atoms with Crippen LogP contribution in [-0.4, -0.2) is 83.0 Å². The van der Waals surface area contributed by atoms with Crippen LogP contribution in [0.15, 0.2) is 60.7 Å². The van der Waals surface area contributed by atoms with Crippen molar-refractivity contribution < 1.29 is 39.5 Å². The Morgan fingerprint density at radius 1 is 0.676 bits per heavy atom. The Morgan fingerprint density at radius 2 is 1.03 bits per heavy atom. The maximum atomic E-state index is 12.6. The molecule has 0 heterocycles. The highest BCUT2D eigenvalue weighted by Gasteiger charge is 2.40. The largest absolute Gasteiger partial charge is 0.395 e. The van der Waals surface area contributed by atoms with E-state index in [1.165, 1.54) is 0 Å². The quantitative estimate of drug-likeness (QED) is 0.193. The molecule has 0 aliphatic carbocycles. The third-order valence-corrected chi connectivity index (χ3v) is 4.85. The van der Waals surface area contributed by atoms with Gasteiger partial charge in [-0.3, -0.25) is 9.59 Å². The number of hydrogen-bond donors (Lipinski definition) is 6. The van der Waals surface area contributed by atoms with E-state index in [0.717, 1.165) is 11.1 Å². The first-order chi connectivity index (χ1) is 16.5. The standard InChI is InChI=1S/C24H32N2O8/c27-13-11-25-23(31)21(33-15-17-7-3-1-4-8-17)19(29)20(30)22(24(32)26-12-14-28)34-16-18-9-5-2-6-10-18/h1-10,19-22,27-30H,11-16H2,(H,25,31)(H,26,32). The molecule has 0 spiro atoms. The number of carbonyl (C=O) groups excluding carboxylic acids is 2. The van der Waals surface area contributed by atoms with Gasteiger partial charge in [-0.25, -0.2) is 0 Å². The Labute approximate surface area is 198 Å². The summed E-state index contributed by atoms with van der Waals surface area (Å²) in [5.41, 5.74) is 1.45. The summed E-state index contributed by atoms with van der Waals surface area (Å²) >= 11 is 0. The fraction of sp³-hybridized carbons (Fsp3) is 0.417. The van der Waals surface area contributed by atoms with Crippen molar-refractivity contribution in [1.29, 1.82) is 0 Å². The molecule has 0 aliphatic heterocycles. The van der Waals surface area contributed by atoms with E-state index < -0.39 is 36.2 Å². The SMILES string of the molecule is O=C(NCCO)C(OCc1ccccc1)C(O)C(O)C(OCc1ccccc1)C(=O)NCCO. The van der Waals surface area contributed by atoms with Crippen LogP contribution in [0, 0.1) is 0 Å². The second kappa shape index (κ2) is 15.1. The molecule has 0 fully saturated rings. The molecule has 0 bridgehead atoms. The molecule has 34 heavy (non-hydrogen) atoms. The van der Waals surface area contributed by atoms with Gasteiger partial charge in [-0.05, 0) is 11.1 Å². The van der Waals surface area contributed by atoms with Crippen LogP contribution in [0.4, 0.5) is 0 Å². The summed E-state index contributed by atoms with van der Waals surface area (Å²) in [5, 5.41) is 44.6. The van der Waals surface area contributed by atoms with Gasteiger partial charge in [0.15, 0.2) is 12.2 Å². The van der Waals surface area contributed by atoms with Crippen molar-refractivity contribution in [3.05, 3.63) is 71.8 Å². The molecule has 0 radical (unpaired) electrons. The minimum Gasteiger partial charge on any atom is -0.395 e. The molecule has 0 aliphatic rings. The van der Waals surface area contributed by atoms with Crippen LogP contribution in [0.3, 0.4) is 0 Å². The predicted octanol–water partition coefficient (Wildman–Crippen LogP) is -0.904. The van der Waals surface area contributed by atoms with E-state index in [0.29, 0.717) is 0 Å². The van der Waals surface area contributed by atoms with Crippen LogP contribution >= 0.6 is 0 Å². The molecule has 10 heteroatoms. The second-order valence-electron chi connectivity index (χ2n) is 7.44. The molecule has 2 aromatic carbocycles. The van der Waals surface area contributed by atoms with Gasteiger partial charge in [0, 0.05) is 13.1 Å². The minimum atomic E-state index is -1.84. The highest BCUT2D eigenvalue weighted by atomic mass is 16.5. The highest BCUT2D eigenvalue weighted by molar-refractivity contribution is 5.83. The molecule has 6 N–H and O–H groups in total. The van der Waals surface area contributed by atoms with E-state index in [1.807, 2.05) is 12.1 Å². The molecule has 0 saturated heterocycles. The number of benzene rings is 2. The van der Waals surface area contributed by atoms with Gasteiger partial charge >= 0.3 is 0 Å². The molecule has 2 aromatic rings. The van der Waals surface area contributed by atoms with Gasteiger partial charge in [0.25, 0.3) is 11.8 Å². The van der Waals surface area contributed by atoms with Crippen molar-refractivity contribution >= 4 is 11.8 Å². The van der Waals surface area contributed by atoms with Gasteiger partial charge in [0.05, 0.1) is 26.4 Å². The summed E-state index contributed by atoms with van der Waals surface area (Å²) in [6, 6.07) is 17.8. The first-order valence-corrected chi connectivity index (χ1v) is 10.9. The fourth-order valence-electron chi connectivity index (χ4n) is 3.10. The molecule has 4 unspecified atom stereocenters. The number of aliphatic hydroxyl groups excluding tert-OH is 4. The lowest BCUT2D eigenvalue weighted by Crippen LogP contribution is -2.56. The van der Waals surface area contributed by atoms with E-state index in [9.17, 15) is 19.8 Å². The monoisotopic (exact) mass is 476 g/mol. The summed E-state index contributed by atoms with van der Waals surface area (Å²) in [4.78, 5) is 25.2. The smallest absolute Gasteiger partial charge is 0.252 e. The maximum Gasteiger partial charge on any atom is 0.252 e. The summed E-state index contributed by atoms with van der Waals surface area (Å²) in [6.45, 7) is -0.929. The molecule has 4 atom stereocenters. The van der Waals surface area contributed by atoms with Crippen molar-refractivity contribution in [2.24, 2.45) is 0 Å². The summed E-state index contributed by atoms with van der Waals surface area (Å²) < 4.78 is 11.2. The Bertz CT molecular complexity index is 781. The van der Waals surface area contributed by atoms with Crippen LogP contribution in [0.1, 0.15) is 11.1 Å². The van der Waals surface area contributed by atoms with Crippen molar-refractivity contribution in [2.75, 3.05) is 26.3 Å². The first kappa shape index (κ1) is 27.4. The Kier molecular flexibility index (Phi) is 12.2. The van der Waals surface area contributed by atoms with E-state index in [1.54, 1.807) is 48.5 Å². The molecule has 0 aromatic heterocycles. The zero-order valence-electron chi connectivity index (χ0n) is 18.7. The van der Waals surface area contributed by atoms with Crippen LogP contribution in [0.5, 0.6) is 0 Å². The molecule has 0 saturated carbocycles. The molecule has 2 amide bonds. The van der Waals surface area contributed by atoms with Gasteiger partial charge in [-0.1, -0.05) is 60.7 Å². The van der Waals surface area contributed by atoms with E-state index >= 15 is 0 Å². The van der Waals surface area contributed by atoms with Gasteiger partial charge in [-0.15, -0.1) is 0 Å². The Balaban J connectivity index is 2.18. The lowest BCUT2D eigenvalue weighted by Gasteiger charge is -2.30. The third kappa shape index (κ3) is 8.82. The topological polar surface area (TPSA) is 158 Å². The van der Waals surface area contributed by atoms with Crippen molar-refractivity contribution in [3.8, 4) is 0 Å². The number of rotatable bonds is 15. The van der Waals surface area contributed by atoms with Gasteiger partial charge < -0.3 is 40.5 Å². The van der Waals surface area contributed by atoms with E-state index in [-0.39, 0.29) is 39.5 Å². The Hall–Kier alpha value is -2.86. The average Bonchev–Trinajstić information content (AvgIpc) is 2.87. The molecular weight excluding hydrogens is 444 g/mol. The lowest BCUT2D eigenvalue weighted by molar-refractivity contribution is -0.170. The predicted molar refractivity (Wildman–Crippen MR) is 122 cm³/mol. The first-order valence-electron chi connectivity index (χ1n) is 10.9. The van der Waals surface area contributed by atoms with E-state index in [4.69, 9.17) is 19.7 Å². The maximum absolute atomic E-state index is 12.6. The van der Waals surface area contributed by atoms with Crippen LogP contribution in [0.25, 0.3) is 0 Å². The summed E-state index contributed by atoms with van der Waals surface area (Å²) in [6.07, 6.45) is -6.81. The van der Waals surface area contributed by atoms with Crippen molar-refractivity contribution in [1.82, 2.24) is 10.6 Å². The number of ether oxygens (including phenoxy) is 2. The number of amides is 2. The third-order valence-electron chi connectivity index (χ3n) is 4.85. The molecule has 2 rings (SSSR count). The molecule has 10 nitrogen and oxygen atoms in total. The highest BCUT2D eigenvalue weighted by Crippen LogP contribution is 2.16. The average molecular weight is 477 g/mol. The minimum absolute atomic E-state index is 0.0475. The number of carbonyl (C=O) groups is 2. The zero-order chi connectivity index (χ0) is 24.8. The van der Waals surface area contributed by atoms with Gasteiger partial charge in [0.1, 0.15) is 12.2 Å². The second-order valence-corrected chi connectivity index (χ2v) is 7.44. The number of aliphatic hydroxyl groups is 4. The summed E-state index contributed by atoms with van der Waals surface area (Å²) in [7, 11) is 0. The fourth-order valence-corrected chi connectivity index (χ4v) is 3.10. The van der Waals surface area contributed by atoms with E-state index in [2.05, 4.69) is 10.6 Å². The van der Waals surface area contributed by atoms with Crippen LogP contribution < -0.4 is 10.6 Å². The number of hydrogen-bond acceptors (Lipinski definition) is 8. The van der Waals surface area contributed by atoms with Gasteiger partial charge in [-0.2, -0.15) is 0 Å². The number of nitrogens with one attached hydrogen (secondary N) is 2. The zero-order valence-corrected chi connectivity index (χ0v) is 18.7. The van der Waals surface area contributed by atoms with Gasteiger partial charge in [0.2, 0.25) is 0 Å². The molecule has 186 valence electrons. The summed E-state index contributed by atoms with van der Waals surface area (Å²) in [5.74, 6) is -1.54. The van der Waals surface area contributed by atoms with Crippen LogP contribution in [0.2, 0.25) is 0 Å². The van der Waals surface area contributed by atoms with Crippen LogP contribution in [-0.2, 0) is 32.3 Å².